The van der Waals surface area contributed by atoms with Gasteiger partial charge in [0.2, 0.25) is 5.91 Å². The van der Waals surface area contributed by atoms with Crippen LogP contribution in [0.1, 0.15) is 12.5 Å². The lowest BCUT2D eigenvalue weighted by atomic mass is 10.1. The van der Waals surface area contributed by atoms with Crippen LogP contribution in [0.3, 0.4) is 0 Å². The van der Waals surface area contributed by atoms with Crippen LogP contribution >= 0.6 is 0 Å². The highest BCUT2D eigenvalue weighted by atomic mass is 19.1. The van der Waals surface area contributed by atoms with E-state index in [2.05, 4.69) is 5.32 Å². The average Bonchev–Trinajstić information content (AvgIpc) is 2.21. The van der Waals surface area contributed by atoms with Crippen molar-refractivity contribution in [1.29, 1.82) is 0 Å². The van der Waals surface area contributed by atoms with E-state index in [1.807, 2.05) is 0 Å². The molecule has 0 aliphatic heterocycles. The maximum absolute atomic E-state index is 12.5. The van der Waals surface area contributed by atoms with Crippen molar-refractivity contribution in [3.63, 3.8) is 0 Å². The van der Waals surface area contributed by atoms with Gasteiger partial charge in [0.25, 0.3) is 0 Å². The number of hydrogen-bond donors (Lipinski definition) is 1. The number of rotatable bonds is 4. The van der Waals surface area contributed by atoms with Crippen LogP contribution in [-0.4, -0.2) is 18.2 Å². The molecule has 80 valence electrons. The Morgan fingerprint density at radius 3 is 2.60 bits per heavy atom. The van der Waals surface area contributed by atoms with Crippen LogP contribution in [0.5, 0.6) is 0 Å². The Bertz CT molecular complexity index is 348. The second kappa shape index (κ2) is 5.24. The molecular formula is C11H12FNO2. The number of benzene rings is 1. The summed E-state index contributed by atoms with van der Waals surface area (Å²) in [7, 11) is 0. The summed E-state index contributed by atoms with van der Waals surface area (Å²) in [5, 5.41) is 2.49. The lowest BCUT2D eigenvalue weighted by Crippen LogP contribution is -2.34. The minimum Gasteiger partial charge on any atom is -0.347 e. The first kappa shape index (κ1) is 11.4. The summed E-state index contributed by atoms with van der Waals surface area (Å²) in [4.78, 5) is 21.6. The molecule has 0 unspecified atom stereocenters. The van der Waals surface area contributed by atoms with E-state index >= 15 is 0 Å². The minimum absolute atomic E-state index is 0.151. The fraction of sp³-hybridized carbons (Fsp3) is 0.273. The van der Waals surface area contributed by atoms with Gasteiger partial charge in [-0.3, -0.25) is 4.79 Å². The van der Waals surface area contributed by atoms with Crippen LogP contribution in [0, 0.1) is 5.82 Å². The van der Waals surface area contributed by atoms with E-state index in [0.29, 0.717) is 11.8 Å². The van der Waals surface area contributed by atoms with E-state index in [-0.39, 0.29) is 18.1 Å². The molecule has 15 heavy (non-hydrogen) atoms. The summed E-state index contributed by atoms with van der Waals surface area (Å²) in [5.74, 6) is -0.582. The molecular weight excluding hydrogens is 197 g/mol. The van der Waals surface area contributed by atoms with Crippen molar-refractivity contribution in [2.75, 3.05) is 0 Å². The first-order valence-corrected chi connectivity index (χ1v) is 4.61. The van der Waals surface area contributed by atoms with E-state index < -0.39 is 6.04 Å². The molecule has 1 aromatic rings. The minimum atomic E-state index is -0.488. The number of carbonyl (C=O) groups excluding carboxylic acids is 2. The predicted octanol–water partition coefficient (Wildman–Crippen LogP) is 1.07. The molecule has 0 saturated heterocycles. The molecule has 0 fully saturated rings. The first-order valence-electron chi connectivity index (χ1n) is 4.61. The highest BCUT2D eigenvalue weighted by Gasteiger charge is 2.06. The first-order chi connectivity index (χ1) is 7.11. The van der Waals surface area contributed by atoms with Crippen LogP contribution in [0.2, 0.25) is 0 Å². The Hall–Kier alpha value is -1.71. The highest BCUT2D eigenvalue weighted by Crippen LogP contribution is 2.03. The molecule has 0 saturated carbocycles. The van der Waals surface area contributed by atoms with Crippen molar-refractivity contribution in [1.82, 2.24) is 5.32 Å². The van der Waals surface area contributed by atoms with Gasteiger partial charge in [-0.2, -0.15) is 0 Å². The van der Waals surface area contributed by atoms with Crippen LogP contribution in [0.4, 0.5) is 4.39 Å². The molecule has 0 aliphatic carbocycles. The summed E-state index contributed by atoms with van der Waals surface area (Å²) in [6, 6.07) is 5.19. The standard InChI is InChI=1S/C11H12FNO2/c1-8(7-14)13-11(15)6-9-2-4-10(12)5-3-9/h2-5,7-8H,6H2,1H3,(H,13,15)/t8-/m0/s1. The molecule has 1 rings (SSSR count). The molecule has 1 aromatic carbocycles. The van der Waals surface area contributed by atoms with Crippen molar-refractivity contribution in [2.24, 2.45) is 0 Å². The van der Waals surface area contributed by atoms with Crippen LogP contribution in [-0.2, 0) is 16.0 Å². The van der Waals surface area contributed by atoms with Crippen LogP contribution < -0.4 is 5.32 Å². The van der Waals surface area contributed by atoms with Gasteiger partial charge < -0.3 is 10.1 Å². The summed E-state index contributed by atoms with van der Waals surface area (Å²) >= 11 is 0. The second-order valence-corrected chi connectivity index (χ2v) is 3.30. The Morgan fingerprint density at radius 1 is 1.47 bits per heavy atom. The van der Waals surface area contributed by atoms with Crippen molar-refractivity contribution < 1.29 is 14.0 Å². The zero-order valence-corrected chi connectivity index (χ0v) is 8.37. The van der Waals surface area contributed by atoms with Crippen molar-refractivity contribution >= 4 is 12.2 Å². The zero-order valence-electron chi connectivity index (χ0n) is 8.37. The average molecular weight is 209 g/mol. The summed E-state index contributed by atoms with van der Waals surface area (Å²) in [6.07, 6.45) is 0.807. The van der Waals surface area contributed by atoms with Gasteiger partial charge in [-0.1, -0.05) is 12.1 Å². The highest BCUT2D eigenvalue weighted by molar-refractivity contribution is 5.81. The van der Waals surface area contributed by atoms with Crippen LogP contribution in [0.15, 0.2) is 24.3 Å². The Morgan fingerprint density at radius 2 is 2.07 bits per heavy atom. The fourth-order valence-electron chi connectivity index (χ4n) is 1.13. The SMILES string of the molecule is C[C@@H](C=O)NC(=O)Cc1ccc(F)cc1. The normalized spacial score (nSPS) is 11.9. The monoisotopic (exact) mass is 209 g/mol. The molecule has 1 N–H and O–H groups in total. The topological polar surface area (TPSA) is 46.2 Å². The maximum Gasteiger partial charge on any atom is 0.224 e. The van der Waals surface area contributed by atoms with Gasteiger partial charge in [0.1, 0.15) is 12.1 Å². The molecule has 1 amide bonds. The predicted molar refractivity (Wildman–Crippen MR) is 53.8 cm³/mol. The third kappa shape index (κ3) is 3.89. The molecule has 0 radical (unpaired) electrons. The molecule has 0 heterocycles. The van der Waals surface area contributed by atoms with E-state index in [9.17, 15) is 14.0 Å². The zero-order chi connectivity index (χ0) is 11.3. The number of amides is 1. The Labute approximate surface area is 87.3 Å². The molecule has 0 aromatic heterocycles. The maximum atomic E-state index is 12.5. The number of carbonyl (C=O) groups is 2. The lowest BCUT2D eigenvalue weighted by Gasteiger charge is -2.06. The smallest absolute Gasteiger partial charge is 0.224 e. The molecule has 3 nitrogen and oxygen atoms in total. The third-order valence-electron chi connectivity index (χ3n) is 1.87. The van der Waals surface area contributed by atoms with Gasteiger partial charge in [-0.25, -0.2) is 4.39 Å². The number of nitrogens with one attached hydrogen (secondary N) is 1. The quantitative estimate of drug-likeness (QED) is 0.754. The summed E-state index contributed by atoms with van der Waals surface area (Å²) < 4.78 is 12.5. The van der Waals surface area contributed by atoms with Gasteiger partial charge in [0.05, 0.1) is 12.5 Å². The van der Waals surface area contributed by atoms with Crippen molar-refractivity contribution in [3.8, 4) is 0 Å². The third-order valence-corrected chi connectivity index (χ3v) is 1.87. The second-order valence-electron chi connectivity index (χ2n) is 3.30. The van der Waals surface area contributed by atoms with Gasteiger partial charge in [-0.05, 0) is 24.6 Å². The lowest BCUT2D eigenvalue weighted by molar-refractivity contribution is -0.123. The van der Waals surface area contributed by atoms with Gasteiger partial charge in [0, 0.05) is 0 Å². The molecule has 0 spiro atoms. The summed E-state index contributed by atoms with van der Waals surface area (Å²) in [5.41, 5.74) is 0.715. The van der Waals surface area contributed by atoms with Gasteiger partial charge in [0.15, 0.2) is 0 Å². The Balaban J connectivity index is 2.51. The number of halogens is 1. The van der Waals surface area contributed by atoms with Gasteiger partial charge >= 0.3 is 0 Å². The fourth-order valence-corrected chi connectivity index (χ4v) is 1.13. The van der Waals surface area contributed by atoms with E-state index in [0.717, 1.165) is 0 Å². The van der Waals surface area contributed by atoms with Crippen molar-refractivity contribution in [2.45, 2.75) is 19.4 Å². The van der Waals surface area contributed by atoms with E-state index in [1.54, 1.807) is 19.1 Å². The summed E-state index contributed by atoms with van der Waals surface area (Å²) in [6.45, 7) is 1.59. The van der Waals surface area contributed by atoms with E-state index in [4.69, 9.17) is 0 Å². The largest absolute Gasteiger partial charge is 0.347 e. The van der Waals surface area contributed by atoms with Gasteiger partial charge in [-0.15, -0.1) is 0 Å². The molecule has 0 aliphatic rings. The molecule has 4 heteroatoms. The van der Waals surface area contributed by atoms with E-state index in [1.165, 1.54) is 12.1 Å². The number of aldehydes is 1. The molecule has 1 atom stereocenters. The van der Waals surface area contributed by atoms with Crippen LogP contribution in [0.25, 0.3) is 0 Å². The van der Waals surface area contributed by atoms with Crippen molar-refractivity contribution in [3.05, 3.63) is 35.6 Å². The Kier molecular flexibility index (Phi) is 3.97. The molecule has 0 bridgehead atoms. The number of hydrogen-bond acceptors (Lipinski definition) is 2.